The van der Waals surface area contributed by atoms with Crippen molar-refractivity contribution >= 4 is 5.69 Å². The lowest BCUT2D eigenvalue weighted by atomic mass is 9.99. The Bertz CT molecular complexity index is 318. The van der Waals surface area contributed by atoms with Crippen LogP contribution >= 0.6 is 0 Å². The molecule has 2 heteroatoms. The molecule has 1 atom stereocenters. The smallest absolute Gasteiger partial charge is 0.0314 e. The van der Waals surface area contributed by atoms with Gasteiger partial charge >= 0.3 is 0 Å². The second-order valence-corrected chi connectivity index (χ2v) is 4.77. The Kier molecular flexibility index (Phi) is 3.83. The van der Waals surface area contributed by atoms with E-state index in [1.807, 2.05) is 12.1 Å². The number of benzene rings is 1. The number of rotatable bonds is 3. The first kappa shape index (κ1) is 11.5. The maximum absolute atomic E-state index is 5.70. The molecule has 0 unspecified atom stereocenters. The Balaban J connectivity index is 1.99. The van der Waals surface area contributed by atoms with Crippen LogP contribution in [0.4, 0.5) is 5.69 Å². The lowest BCUT2D eigenvalue weighted by Crippen LogP contribution is -2.38. The molecule has 0 spiro atoms. The highest BCUT2D eigenvalue weighted by Crippen LogP contribution is 2.21. The average molecular weight is 218 g/mol. The molecule has 0 radical (unpaired) electrons. The van der Waals surface area contributed by atoms with Gasteiger partial charge in [0.25, 0.3) is 0 Å². The van der Waals surface area contributed by atoms with Crippen molar-refractivity contribution < 1.29 is 0 Å². The second-order valence-electron chi connectivity index (χ2n) is 4.77. The molecule has 0 aromatic heterocycles. The maximum atomic E-state index is 5.70. The number of nitrogen functional groups attached to an aromatic ring is 1. The van der Waals surface area contributed by atoms with Crippen LogP contribution in [0.1, 0.15) is 38.2 Å². The Labute approximate surface area is 98.4 Å². The van der Waals surface area contributed by atoms with Crippen molar-refractivity contribution in [2.24, 2.45) is 0 Å². The van der Waals surface area contributed by atoms with Gasteiger partial charge in [-0.1, -0.05) is 25.5 Å². The summed E-state index contributed by atoms with van der Waals surface area (Å²) >= 11 is 0. The van der Waals surface area contributed by atoms with Gasteiger partial charge in [0.15, 0.2) is 0 Å². The number of nitrogens with zero attached hydrogens (tertiary/aromatic N) is 1. The minimum absolute atomic E-state index is 0.784. The zero-order valence-electron chi connectivity index (χ0n) is 10.2. The van der Waals surface area contributed by atoms with E-state index in [0.29, 0.717) is 0 Å². The molecule has 0 bridgehead atoms. The molecule has 16 heavy (non-hydrogen) atoms. The van der Waals surface area contributed by atoms with Gasteiger partial charge in [-0.05, 0) is 43.5 Å². The summed E-state index contributed by atoms with van der Waals surface area (Å²) in [6.45, 7) is 4.63. The van der Waals surface area contributed by atoms with E-state index in [-0.39, 0.29) is 0 Å². The predicted octanol–water partition coefficient (Wildman–Crippen LogP) is 3.03. The van der Waals surface area contributed by atoms with Crippen LogP contribution in [-0.4, -0.2) is 17.5 Å². The molecule has 1 aliphatic rings. The van der Waals surface area contributed by atoms with Gasteiger partial charge in [-0.3, -0.25) is 4.90 Å². The molecule has 1 aromatic carbocycles. The maximum Gasteiger partial charge on any atom is 0.0314 e. The highest BCUT2D eigenvalue weighted by Gasteiger charge is 2.20. The van der Waals surface area contributed by atoms with Gasteiger partial charge in [-0.15, -0.1) is 0 Å². The number of likely N-dealkylation sites (tertiary alicyclic amines) is 1. The quantitative estimate of drug-likeness (QED) is 0.790. The molecular formula is C14H22N2. The molecule has 88 valence electrons. The minimum atomic E-state index is 0.784. The van der Waals surface area contributed by atoms with E-state index in [1.165, 1.54) is 37.8 Å². The lowest BCUT2D eigenvalue weighted by molar-refractivity contribution is 0.136. The van der Waals surface area contributed by atoms with E-state index in [2.05, 4.69) is 24.0 Å². The second kappa shape index (κ2) is 5.35. The number of piperidine rings is 1. The molecule has 2 N–H and O–H groups in total. The third-order valence-corrected chi connectivity index (χ3v) is 3.59. The molecule has 2 nitrogen and oxygen atoms in total. The number of anilines is 1. The van der Waals surface area contributed by atoms with E-state index >= 15 is 0 Å². The van der Waals surface area contributed by atoms with Gasteiger partial charge in [0.1, 0.15) is 0 Å². The van der Waals surface area contributed by atoms with Crippen LogP contribution in [0.5, 0.6) is 0 Å². The monoisotopic (exact) mass is 218 g/mol. The predicted molar refractivity (Wildman–Crippen MR) is 69.2 cm³/mol. The van der Waals surface area contributed by atoms with Crippen molar-refractivity contribution in [1.29, 1.82) is 0 Å². The number of hydrogen-bond acceptors (Lipinski definition) is 2. The van der Waals surface area contributed by atoms with Crippen LogP contribution in [-0.2, 0) is 6.54 Å². The van der Waals surface area contributed by atoms with E-state index in [4.69, 9.17) is 5.73 Å². The number of nitrogens with two attached hydrogens (primary N) is 1. The molecule has 0 aliphatic carbocycles. The van der Waals surface area contributed by atoms with E-state index < -0.39 is 0 Å². The fourth-order valence-corrected chi connectivity index (χ4v) is 2.59. The largest absolute Gasteiger partial charge is 0.399 e. The zero-order valence-corrected chi connectivity index (χ0v) is 10.2. The Morgan fingerprint density at radius 3 is 2.69 bits per heavy atom. The molecule has 1 aromatic rings. The van der Waals surface area contributed by atoms with E-state index in [9.17, 15) is 0 Å². The average Bonchev–Trinajstić information content (AvgIpc) is 2.33. The Morgan fingerprint density at radius 1 is 1.25 bits per heavy atom. The summed E-state index contributed by atoms with van der Waals surface area (Å²) in [6, 6.07) is 9.08. The van der Waals surface area contributed by atoms with Gasteiger partial charge < -0.3 is 5.73 Å². The van der Waals surface area contributed by atoms with Crippen LogP contribution in [0.15, 0.2) is 24.3 Å². The van der Waals surface area contributed by atoms with Gasteiger partial charge in [-0.25, -0.2) is 0 Å². The summed E-state index contributed by atoms with van der Waals surface area (Å²) in [6.07, 6.45) is 5.39. The third-order valence-electron chi connectivity index (χ3n) is 3.59. The van der Waals surface area contributed by atoms with Gasteiger partial charge in [-0.2, -0.15) is 0 Å². The van der Waals surface area contributed by atoms with Crippen LogP contribution in [0.2, 0.25) is 0 Å². The van der Waals surface area contributed by atoms with Crippen LogP contribution in [0.25, 0.3) is 0 Å². The standard InChI is InChI=1S/C14H22N2/c1-2-14-5-3-4-10-16(14)11-12-6-8-13(15)9-7-12/h6-9,14H,2-5,10-11,15H2,1H3/t14-/m0/s1. The third kappa shape index (κ3) is 2.76. The summed E-state index contributed by atoms with van der Waals surface area (Å²) in [7, 11) is 0. The van der Waals surface area contributed by atoms with Crippen LogP contribution in [0.3, 0.4) is 0 Å². The Hall–Kier alpha value is -1.02. The molecular weight excluding hydrogens is 196 g/mol. The summed E-state index contributed by atoms with van der Waals surface area (Å²) in [5.74, 6) is 0. The highest BCUT2D eigenvalue weighted by atomic mass is 15.2. The number of hydrogen-bond donors (Lipinski definition) is 1. The Morgan fingerprint density at radius 2 is 2.00 bits per heavy atom. The van der Waals surface area contributed by atoms with E-state index in [0.717, 1.165) is 18.3 Å². The topological polar surface area (TPSA) is 29.3 Å². The molecule has 1 aliphatic heterocycles. The highest BCUT2D eigenvalue weighted by molar-refractivity contribution is 5.39. The normalized spacial score (nSPS) is 22.2. The van der Waals surface area contributed by atoms with Crippen molar-refractivity contribution in [2.45, 2.75) is 45.2 Å². The first-order valence-electron chi connectivity index (χ1n) is 6.38. The molecule has 0 amide bonds. The van der Waals surface area contributed by atoms with Crippen molar-refractivity contribution in [3.8, 4) is 0 Å². The van der Waals surface area contributed by atoms with Gasteiger partial charge in [0, 0.05) is 18.3 Å². The molecule has 2 rings (SSSR count). The summed E-state index contributed by atoms with van der Waals surface area (Å²) in [5.41, 5.74) is 7.94. The van der Waals surface area contributed by atoms with Crippen molar-refractivity contribution in [1.82, 2.24) is 4.90 Å². The summed E-state index contributed by atoms with van der Waals surface area (Å²) in [5, 5.41) is 0. The molecule has 0 saturated carbocycles. The van der Waals surface area contributed by atoms with Crippen molar-refractivity contribution in [3.05, 3.63) is 29.8 Å². The fourth-order valence-electron chi connectivity index (χ4n) is 2.59. The van der Waals surface area contributed by atoms with Gasteiger partial charge in [0.05, 0.1) is 0 Å². The van der Waals surface area contributed by atoms with Crippen LogP contribution < -0.4 is 5.73 Å². The molecule has 1 fully saturated rings. The van der Waals surface area contributed by atoms with E-state index in [1.54, 1.807) is 0 Å². The van der Waals surface area contributed by atoms with Crippen molar-refractivity contribution in [3.63, 3.8) is 0 Å². The summed E-state index contributed by atoms with van der Waals surface area (Å²) in [4.78, 5) is 2.62. The molecule has 1 saturated heterocycles. The van der Waals surface area contributed by atoms with Crippen molar-refractivity contribution in [2.75, 3.05) is 12.3 Å². The van der Waals surface area contributed by atoms with Crippen LogP contribution in [0, 0.1) is 0 Å². The SMILES string of the molecule is CC[C@H]1CCCCN1Cc1ccc(N)cc1. The first-order valence-corrected chi connectivity index (χ1v) is 6.38. The molecule has 1 heterocycles. The lowest BCUT2D eigenvalue weighted by Gasteiger charge is -2.35. The zero-order chi connectivity index (χ0) is 11.4. The fraction of sp³-hybridized carbons (Fsp3) is 0.571. The summed E-state index contributed by atoms with van der Waals surface area (Å²) < 4.78 is 0. The minimum Gasteiger partial charge on any atom is -0.399 e. The first-order chi connectivity index (χ1) is 7.79. The van der Waals surface area contributed by atoms with Gasteiger partial charge in [0.2, 0.25) is 0 Å².